The van der Waals surface area contributed by atoms with Crippen molar-refractivity contribution in [2.75, 3.05) is 6.54 Å². The molecule has 0 unspecified atom stereocenters. The molecule has 0 atom stereocenters. The van der Waals surface area contributed by atoms with E-state index in [1.807, 2.05) is 0 Å². The van der Waals surface area contributed by atoms with Gasteiger partial charge in [-0.15, -0.1) is 0 Å². The second-order valence-electron chi connectivity index (χ2n) is 8.18. The van der Waals surface area contributed by atoms with Crippen molar-refractivity contribution < 1.29 is 4.57 Å². The Labute approximate surface area is 174 Å². The highest BCUT2D eigenvalue weighted by Gasteiger charge is 2.12. The van der Waals surface area contributed by atoms with Crippen LogP contribution in [0.25, 0.3) is 0 Å². The van der Waals surface area contributed by atoms with Crippen molar-refractivity contribution in [3.8, 4) is 0 Å². The average Bonchev–Trinajstić information content (AvgIpc) is 2.74. The van der Waals surface area contributed by atoms with E-state index < -0.39 is 0 Å². The highest BCUT2D eigenvalue weighted by molar-refractivity contribution is 5.44. The van der Waals surface area contributed by atoms with Gasteiger partial charge >= 0.3 is 0 Å². The smallest absolute Gasteiger partial charge is 0.169 e. The molecule has 0 fully saturated rings. The minimum Gasteiger partial charge on any atom is -0.355 e. The third kappa shape index (κ3) is 9.08. The number of nitrogens with zero attached hydrogens (tertiary/aromatic N) is 2. The second kappa shape index (κ2) is 14.4. The molecule has 2 nitrogen and oxygen atoms in total. The van der Waals surface area contributed by atoms with E-state index in [0.717, 1.165) is 13.1 Å². The number of aryl methyl sites for hydroxylation is 1. The van der Waals surface area contributed by atoms with Gasteiger partial charge in [-0.1, -0.05) is 83.8 Å². The fourth-order valence-corrected chi connectivity index (χ4v) is 3.75. The van der Waals surface area contributed by atoms with Gasteiger partial charge in [-0.25, -0.2) is 4.57 Å². The van der Waals surface area contributed by atoms with Crippen molar-refractivity contribution in [3.63, 3.8) is 0 Å². The first kappa shape index (κ1) is 22.7. The van der Waals surface area contributed by atoms with Gasteiger partial charge in [0.15, 0.2) is 12.4 Å². The van der Waals surface area contributed by atoms with Crippen LogP contribution in [0.5, 0.6) is 0 Å². The van der Waals surface area contributed by atoms with E-state index in [2.05, 4.69) is 72.4 Å². The molecule has 1 aromatic rings. The van der Waals surface area contributed by atoms with Gasteiger partial charge in [0.2, 0.25) is 0 Å². The summed E-state index contributed by atoms with van der Waals surface area (Å²) < 4.78 is 2.32. The predicted octanol–water partition coefficient (Wildman–Crippen LogP) is 6.96. The Bertz CT molecular complexity index is 544. The molecular formula is C26H42N2+. The molecule has 0 saturated carbocycles. The maximum atomic E-state index is 2.32. The summed E-state index contributed by atoms with van der Waals surface area (Å²) in [5.74, 6) is 1.31. The molecule has 0 bridgehead atoms. The van der Waals surface area contributed by atoms with Crippen LogP contribution in [0.4, 0.5) is 0 Å². The molecule has 1 aromatic heterocycles. The van der Waals surface area contributed by atoms with Crippen LogP contribution in [0.15, 0.2) is 49.1 Å². The van der Waals surface area contributed by atoms with E-state index in [4.69, 9.17) is 0 Å². The first-order chi connectivity index (χ1) is 13.8. The zero-order valence-corrected chi connectivity index (χ0v) is 18.4. The summed E-state index contributed by atoms with van der Waals surface area (Å²) in [7, 11) is 0. The van der Waals surface area contributed by atoms with Gasteiger partial charge in [-0.05, 0) is 18.4 Å². The molecule has 1 aliphatic rings. The van der Waals surface area contributed by atoms with Crippen LogP contribution in [0, 0.1) is 5.92 Å². The lowest BCUT2D eigenvalue weighted by molar-refractivity contribution is -0.697. The van der Waals surface area contributed by atoms with E-state index in [1.165, 1.54) is 88.5 Å². The fourth-order valence-electron chi connectivity index (χ4n) is 3.75. The SMILES string of the molecule is CCCCCCCCN1C=C[C](c2cc[n+](CCCCCCCC)cc2)C=C1. The molecule has 2 heterocycles. The first-order valence-corrected chi connectivity index (χ1v) is 11.8. The van der Waals surface area contributed by atoms with Crippen molar-refractivity contribution in [3.05, 3.63) is 60.6 Å². The molecule has 28 heavy (non-hydrogen) atoms. The van der Waals surface area contributed by atoms with Crippen molar-refractivity contribution in [2.45, 2.75) is 97.4 Å². The molecular weight excluding hydrogens is 340 g/mol. The molecule has 0 amide bonds. The Morgan fingerprint density at radius 1 is 0.679 bits per heavy atom. The lowest BCUT2D eigenvalue weighted by Crippen LogP contribution is -2.32. The fraction of sp³-hybridized carbons (Fsp3) is 0.615. The number of unbranched alkanes of at least 4 members (excludes halogenated alkanes) is 10. The molecule has 1 radical (unpaired) electrons. The van der Waals surface area contributed by atoms with Gasteiger partial charge < -0.3 is 4.90 Å². The summed E-state index contributed by atoms with van der Waals surface area (Å²) in [6.45, 7) is 6.83. The number of pyridine rings is 1. The Balaban J connectivity index is 1.64. The van der Waals surface area contributed by atoms with Gasteiger partial charge in [0.1, 0.15) is 6.54 Å². The van der Waals surface area contributed by atoms with Crippen LogP contribution in [0.1, 0.15) is 96.5 Å². The Hall–Kier alpha value is -1.57. The summed E-state index contributed by atoms with van der Waals surface area (Å²) in [4.78, 5) is 2.32. The van der Waals surface area contributed by atoms with Gasteiger partial charge in [-0.2, -0.15) is 0 Å². The zero-order chi connectivity index (χ0) is 19.9. The summed E-state index contributed by atoms with van der Waals surface area (Å²) in [6.07, 6.45) is 29.7. The molecule has 0 aromatic carbocycles. The summed E-state index contributed by atoms with van der Waals surface area (Å²) in [5.41, 5.74) is 1.31. The van der Waals surface area contributed by atoms with Crippen LogP contribution in [-0.2, 0) is 6.54 Å². The third-order valence-corrected chi connectivity index (χ3v) is 5.66. The lowest BCUT2D eigenvalue weighted by Gasteiger charge is -2.21. The van der Waals surface area contributed by atoms with Crippen LogP contribution in [-0.4, -0.2) is 11.4 Å². The van der Waals surface area contributed by atoms with Gasteiger partial charge in [0, 0.05) is 37.5 Å². The van der Waals surface area contributed by atoms with E-state index in [0.29, 0.717) is 0 Å². The van der Waals surface area contributed by atoms with Crippen LogP contribution >= 0.6 is 0 Å². The molecule has 0 N–H and O–H groups in total. The van der Waals surface area contributed by atoms with E-state index in [1.54, 1.807) is 0 Å². The minimum atomic E-state index is 1.14. The molecule has 0 spiro atoms. The number of hydrogen-bond acceptors (Lipinski definition) is 1. The normalized spacial score (nSPS) is 14.1. The maximum absolute atomic E-state index is 2.32. The number of rotatable bonds is 15. The molecule has 0 aliphatic carbocycles. The molecule has 0 saturated heterocycles. The highest BCUT2D eigenvalue weighted by atomic mass is 15.1. The summed E-state index contributed by atoms with van der Waals surface area (Å²) in [5, 5.41) is 0. The van der Waals surface area contributed by atoms with E-state index >= 15 is 0 Å². The minimum absolute atomic E-state index is 1.14. The second-order valence-corrected chi connectivity index (χ2v) is 8.18. The molecule has 155 valence electrons. The largest absolute Gasteiger partial charge is 0.355 e. The van der Waals surface area contributed by atoms with E-state index in [-0.39, 0.29) is 0 Å². The number of aromatic nitrogens is 1. The van der Waals surface area contributed by atoms with E-state index in [9.17, 15) is 0 Å². The Morgan fingerprint density at radius 2 is 1.21 bits per heavy atom. The van der Waals surface area contributed by atoms with Crippen LogP contribution < -0.4 is 4.57 Å². The standard InChI is InChI=1S/C26H42N2/c1-3-5-7-9-11-13-19-27-21-15-25(16-22-27)26-17-23-28(24-18-26)20-14-12-10-8-6-4-2/h15-18,21-24H,3-14,19-20H2,1-2H3/q+1. The van der Waals surface area contributed by atoms with Gasteiger partial charge in [0.25, 0.3) is 0 Å². The van der Waals surface area contributed by atoms with Crippen LogP contribution in [0.3, 0.4) is 0 Å². The van der Waals surface area contributed by atoms with Crippen molar-refractivity contribution in [1.82, 2.24) is 4.90 Å². The molecule has 2 rings (SSSR count). The first-order valence-electron chi connectivity index (χ1n) is 11.8. The highest BCUT2D eigenvalue weighted by Crippen LogP contribution is 2.21. The van der Waals surface area contributed by atoms with Crippen LogP contribution in [0.2, 0.25) is 0 Å². The molecule has 2 heteroatoms. The summed E-state index contributed by atoms with van der Waals surface area (Å²) in [6, 6.07) is 4.51. The Kier molecular flexibility index (Phi) is 11.7. The number of hydrogen-bond donors (Lipinski definition) is 0. The number of allylic oxidation sites excluding steroid dienone is 2. The Morgan fingerprint density at radius 3 is 1.82 bits per heavy atom. The average molecular weight is 383 g/mol. The third-order valence-electron chi connectivity index (χ3n) is 5.66. The van der Waals surface area contributed by atoms with Crippen molar-refractivity contribution in [1.29, 1.82) is 0 Å². The monoisotopic (exact) mass is 382 g/mol. The molecule has 1 aliphatic heterocycles. The zero-order valence-electron chi connectivity index (χ0n) is 18.4. The predicted molar refractivity (Wildman–Crippen MR) is 121 cm³/mol. The summed E-state index contributed by atoms with van der Waals surface area (Å²) >= 11 is 0. The van der Waals surface area contributed by atoms with Crippen molar-refractivity contribution >= 4 is 0 Å². The lowest BCUT2D eigenvalue weighted by atomic mass is 9.98. The van der Waals surface area contributed by atoms with Gasteiger partial charge in [0.05, 0.1) is 5.92 Å². The maximum Gasteiger partial charge on any atom is 0.169 e. The van der Waals surface area contributed by atoms with Gasteiger partial charge in [-0.3, -0.25) is 0 Å². The van der Waals surface area contributed by atoms with Crippen molar-refractivity contribution in [2.24, 2.45) is 0 Å². The topological polar surface area (TPSA) is 7.12 Å². The quantitative estimate of drug-likeness (QED) is 0.235.